The number of amides is 1. The highest BCUT2D eigenvalue weighted by Gasteiger charge is 2.27. The fraction of sp³-hybridized carbons (Fsp3) is 0.458. The summed E-state index contributed by atoms with van der Waals surface area (Å²) >= 11 is 0. The number of rotatable bonds is 10. The lowest BCUT2D eigenvalue weighted by molar-refractivity contribution is 0.0954. The number of hydrogen-bond acceptors (Lipinski definition) is 5. The highest BCUT2D eigenvalue weighted by atomic mass is 32.2. The van der Waals surface area contributed by atoms with Gasteiger partial charge in [0.1, 0.15) is 0 Å². The monoisotopic (exact) mass is 477 g/mol. The molecule has 2 aromatic carbocycles. The minimum Gasteiger partial charge on any atom is -0.494 e. The van der Waals surface area contributed by atoms with Crippen LogP contribution >= 0.6 is 0 Å². The first kappa shape index (κ1) is 25.1. The van der Waals surface area contributed by atoms with E-state index in [4.69, 9.17) is 4.74 Å². The van der Waals surface area contributed by atoms with Gasteiger partial charge in [0.2, 0.25) is 10.0 Å². The molecule has 2 aromatic rings. The van der Waals surface area contributed by atoms with Crippen LogP contribution in [-0.2, 0) is 10.0 Å². The lowest BCUT2D eigenvalue weighted by Gasteiger charge is -2.21. The van der Waals surface area contributed by atoms with Gasteiger partial charge in [0.05, 0.1) is 13.4 Å². The summed E-state index contributed by atoms with van der Waals surface area (Å²) in [5.74, 6) is 0.0678. The van der Waals surface area contributed by atoms with E-state index < -0.39 is 10.0 Å². The van der Waals surface area contributed by atoms with Crippen LogP contribution in [0.4, 0.5) is 4.39 Å². The van der Waals surface area contributed by atoms with Gasteiger partial charge in [-0.3, -0.25) is 4.79 Å². The minimum absolute atomic E-state index is 0.0755. The maximum Gasteiger partial charge on any atom is 0.251 e. The van der Waals surface area contributed by atoms with Crippen molar-refractivity contribution in [1.82, 2.24) is 15.4 Å². The number of ether oxygens (including phenoxy) is 1. The summed E-state index contributed by atoms with van der Waals surface area (Å²) in [5.41, 5.74) is 2.73. The summed E-state index contributed by atoms with van der Waals surface area (Å²) < 4.78 is 43.2. The summed E-state index contributed by atoms with van der Waals surface area (Å²) in [7, 11) is -1.80. The molecule has 1 saturated carbocycles. The molecule has 1 aliphatic carbocycles. The van der Waals surface area contributed by atoms with Crippen LogP contribution in [0.25, 0.3) is 0 Å². The van der Waals surface area contributed by atoms with Gasteiger partial charge in [0.25, 0.3) is 5.91 Å². The number of methoxy groups -OCH3 is 1. The molecular formula is C24H32FN3O4S. The van der Waals surface area contributed by atoms with Gasteiger partial charge in [-0.25, -0.2) is 17.5 Å². The molecule has 1 fully saturated rings. The zero-order valence-corrected chi connectivity index (χ0v) is 20.0. The van der Waals surface area contributed by atoms with Crippen molar-refractivity contribution in [3.63, 3.8) is 0 Å². The lowest BCUT2D eigenvalue weighted by atomic mass is 9.96. The van der Waals surface area contributed by atoms with Crippen molar-refractivity contribution in [3.8, 4) is 5.75 Å². The van der Waals surface area contributed by atoms with E-state index >= 15 is 0 Å². The Morgan fingerprint density at radius 1 is 1.15 bits per heavy atom. The Labute approximate surface area is 195 Å². The van der Waals surface area contributed by atoms with Crippen molar-refractivity contribution in [1.29, 1.82) is 0 Å². The predicted molar refractivity (Wildman–Crippen MR) is 127 cm³/mol. The van der Waals surface area contributed by atoms with Gasteiger partial charge in [0.15, 0.2) is 11.6 Å². The molecule has 180 valence electrons. The predicted octanol–water partition coefficient (Wildman–Crippen LogP) is 3.10. The Bertz CT molecular complexity index is 1060. The Morgan fingerprint density at radius 2 is 1.88 bits per heavy atom. The van der Waals surface area contributed by atoms with Crippen LogP contribution in [0.15, 0.2) is 42.5 Å². The van der Waals surface area contributed by atoms with E-state index in [9.17, 15) is 17.6 Å². The SMILES string of the molecule is COc1cc(C(C)NC2CCC(c3ccc(C(=O)NCCNS(C)(=O)=O)cc3)C2)ccc1F. The topological polar surface area (TPSA) is 96.5 Å². The molecule has 0 radical (unpaired) electrons. The van der Waals surface area contributed by atoms with Crippen molar-refractivity contribution < 1.29 is 22.3 Å². The molecule has 0 heterocycles. The smallest absolute Gasteiger partial charge is 0.251 e. The summed E-state index contributed by atoms with van der Waals surface area (Å²) in [5, 5.41) is 6.35. The fourth-order valence-corrected chi connectivity index (χ4v) is 4.73. The molecule has 3 atom stereocenters. The van der Waals surface area contributed by atoms with Crippen molar-refractivity contribution in [2.75, 3.05) is 26.5 Å². The second-order valence-corrected chi connectivity index (χ2v) is 10.4. The molecule has 1 amide bonds. The molecule has 0 bridgehead atoms. The standard InChI is InChI=1S/C24H32FN3O4S/c1-16(19-9-11-22(25)23(15-19)32-2)28-21-10-8-20(14-21)17-4-6-18(7-5-17)24(29)26-12-13-27-33(3,30)31/h4-7,9,11,15-16,20-21,27-28H,8,10,12-14H2,1-3H3,(H,26,29). The van der Waals surface area contributed by atoms with Gasteiger partial charge in [-0.1, -0.05) is 18.2 Å². The molecule has 3 N–H and O–H groups in total. The molecule has 1 aliphatic rings. The molecule has 0 saturated heterocycles. The summed E-state index contributed by atoms with van der Waals surface area (Å²) in [4.78, 5) is 12.2. The van der Waals surface area contributed by atoms with Gasteiger partial charge in [-0.2, -0.15) is 0 Å². The first-order valence-corrected chi connectivity index (χ1v) is 13.0. The third-order valence-electron chi connectivity index (χ3n) is 6.01. The van der Waals surface area contributed by atoms with E-state index in [-0.39, 0.29) is 36.6 Å². The Balaban J connectivity index is 1.50. The Kier molecular flexibility index (Phi) is 8.45. The average molecular weight is 478 g/mol. The quantitative estimate of drug-likeness (QED) is 0.457. The Morgan fingerprint density at radius 3 is 2.55 bits per heavy atom. The van der Waals surface area contributed by atoms with Gasteiger partial charge in [0, 0.05) is 30.7 Å². The number of carbonyl (C=O) groups is 1. The van der Waals surface area contributed by atoms with Crippen LogP contribution in [0, 0.1) is 5.82 Å². The number of halogens is 1. The van der Waals surface area contributed by atoms with Crippen molar-refractivity contribution in [2.45, 2.75) is 44.2 Å². The van der Waals surface area contributed by atoms with Crippen LogP contribution in [0.5, 0.6) is 5.75 Å². The maximum atomic E-state index is 13.7. The molecule has 3 unspecified atom stereocenters. The molecule has 9 heteroatoms. The summed E-state index contributed by atoms with van der Waals surface area (Å²) in [6.07, 6.45) is 4.17. The number of sulfonamides is 1. The third-order valence-corrected chi connectivity index (χ3v) is 6.74. The summed E-state index contributed by atoms with van der Waals surface area (Å²) in [6, 6.07) is 13.0. The first-order valence-electron chi connectivity index (χ1n) is 11.1. The summed E-state index contributed by atoms with van der Waals surface area (Å²) in [6.45, 7) is 2.45. The van der Waals surface area contributed by atoms with E-state index in [0.717, 1.165) is 31.1 Å². The highest BCUT2D eigenvalue weighted by molar-refractivity contribution is 7.88. The van der Waals surface area contributed by atoms with Gasteiger partial charge in [-0.05, 0) is 67.5 Å². The molecule has 33 heavy (non-hydrogen) atoms. The zero-order valence-electron chi connectivity index (χ0n) is 19.2. The van der Waals surface area contributed by atoms with Gasteiger partial charge in [-0.15, -0.1) is 0 Å². The molecular weight excluding hydrogens is 445 g/mol. The van der Waals surface area contributed by atoms with Crippen molar-refractivity contribution >= 4 is 15.9 Å². The van der Waals surface area contributed by atoms with E-state index in [1.54, 1.807) is 12.1 Å². The Hall–Kier alpha value is -2.49. The maximum absolute atomic E-state index is 13.7. The molecule has 0 aromatic heterocycles. The van der Waals surface area contributed by atoms with E-state index in [1.807, 2.05) is 24.3 Å². The highest BCUT2D eigenvalue weighted by Crippen LogP contribution is 2.35. The largest absolute Gasteiger partial charge is 0.494 e. The van der Waals surface area contributed by atoms with Crippen LogP contribution < -0.4 is 20.1 Å². The normalized spacial score (nSPS) is 19.3. The fourth-order valence-electron chi connectivity index (χ4n) is 4.25. The van der Waals surface area contributed by atoms with Gasteiger partial charge < -0.3 is 15.4 Å². The minimum atomic E-state index is -3.26. The van der Waals surface area contributed by atoms with Crippen LogP contribution in [-0.4, -0.2) is 46.8 Å². The van der Waals surface area contributed by atoms with E-state index in [1.165, 1.54) is 18.7 Å². The second kappa shape index (κ2) is 11.1. The van der Waals surface area contributed by atoms with E-state index in [2.05, 4.69) is 22.3 Å². The second-order valence-electron chi connectivity index (χ2n) is 8.53. The molecule has 0 spiro atoms. The van der Waals surface area contributed by atoms with Crippen LogP contribution in [0.1, 0.15) is 59.6 Å². The molecule has 0 aliphatic heterocycles. The zero-order chi connectivity index (χ0) is 24.0. The lowest BCUT2D eigenvalue weighted by Crippen LogP contribution is -2.34. The number of nitrogens with one attached hydrogen (secondary N) is 3. The van der Waals surface area contributed by atoms with E-state index in [0.29, 0.717) is 17.5 Å². The third kappa shape index (κ3) is 7.25. The molecule has 7 nitrogen and oxygen atoms in total. The van der Waals surface area contributed by atoms with Crippen molar-refractivity contribution in [2.24, 2.45) is 0 Å². The van der Waals surface area contributed by atoms with Gasteiger partial charge >= 0.3 is 0 Å². The first-order chi connectivity index (χ1) is 15.7. The average Bonchev–Trinajstić information content (AvgIpc) is 3.24. The van der Waals surface area contributed by atoms with Crippen LogP contribution in [0.2, 0.25) is 0 Å². The number of benzene rings is 2. The number of carbonyl (C=O) groups excluding carboxylic acids is 1. The van der Waals surface area contributed by atoms with Crippen molar-refractivity contribution in [3.05, 3.63) is 65.0 Å². The van der Waals surface area contributed by atoms with Crippen LogP contribution in [0.3, 0.4) is 0 Å². The molecule has 3 rings (SSSR count). The number of hydrogen-bond donors (Lipinski definition) is 3.